The first kappa shape index (κ1) is 15.4. The van der Waals surface area contributed by atoms with Crippen molar-refractivity contribution in [3.63, 3.8) is 0 Å². The molecule has 0 amide bonds. The fraction of sp³-hybridized carbons (Fsp3) is 0.333. The Kier molecular flexibility index (Phi) is 4.86. The zero-order valence-corrected chi connectivity index (χ0v) is 13.3. The lowest BCUT2D eigenvalue weighted by molar-refractivity contribution is 0.415. The number of benzene rings is 2. The molecular weight excluding hydrogens is 260 g/mol. The van der Waals surface area contributed by atoms with Gasteiger partial charge in [-0.3, -0.25) is 0 Å². The van der Waals surface area contributed by atoms with Crippen molar-refractivity contribution in [1.82, 2.24) is 0 Å². The molecule has 0 aliphatic heterocycles. The van der Waals surface area contributed by atoms with Crippen molar-refractivity contribution in [3.05, 3.63) is 59.2 Å². The maximum absolute atomic E-state index is 6.40. The molecule has 0 bridgehead atoms. The molecule has 2 N–H and O–H groups in total. The van der Waals surface area contributed by atoms with E-state index in [1.54, 1.807) is 7.11 Å². The van der Waals surface area contributed by atoms with E-state index >= 15 is 0 Å². The lowest BCUT2D eigenvalue weighted by atomic mass is 9.99. The standard InChI is InChI=1S/C18H24N2O/c1-13-8-9-14(2)17(10-13)18(19)12-20(3)15-6-5-7-16(11-15)21-4/h5-11,18H,12,19H2,1-4H3. The topological polar surface area (TPSA) is 38.5 Å². The zero-order chi connectivity index (χ0) is 15.4. The van der Waals surface area contributed by atoms with Gasteiger partial charge in [-0.15, -0.1) is 0 Å². The summed E-state index contributed by atoms with van der Waals surface area (Å²) in [4.78, 5) is 2.16. The number of aryl methyl sites for hydroxylation is 2. The molecule has 0 aromatic heterocycles. The van der Waals surface area contributed by atoms with Crippen LogP contribution in [0.4, 0.5) is 5.69 Å². The predicted octanol–water partition coefficient (Wildman–Crippen LogP) is 3.45. The maximum Gasteiger partial charge on any atom is 0.120 e. The number of hydrogen-bond acceptors (Lipinski definition) is 3. The highest BCUT2D eigenvalue weighted by Gasteiger charge is 2.12. The second kappa shape index (κ2) is 6.64. The Labute approximate surface area is 127 Å². The molecule has 0 heterocycles. The molecule has 0 saturated heterocycles. The third-order valence-corrected chi connectivity index (χ3v) is 3.80. The van der Waals surface area contributed by atoms with E-state index in [4.69, 9.17) is 10.5 Å². The van der Waals surface area contributed by atoms with Gasteiger partial charge in [-0.1, -0.05) is 29.8 Å². The summed E-state index contributed by atoms with van der Waals surface area (Å²) in [5.74, 6) is 0.861. The van der Waals surface area contributed by atoms with Crippen LogP contribution in [-0.4, -0.2) is 20.7 Å². The number of methoxy groups -OCH3 is 1. The van der Waals surface area contributed by atoms with E-state index in [-0.39, 0.29) is 6.04 Å². The van der Waals surface area contributed by atoms with Crippen molar-refractivity contribution >= 4 is 5.69 Å². The van der Waals surface area contributed by atoms with E-state index in [0.29, 0.717) is 0 Å². The summed E-state index contributed by atoms with van der Waals surface area (Å²) in [6.07, 6.45) is 0. The Bertz CT molecular complexity index is 610. The molecule has 0 aliphatic rings. The highest BCUT2D eigenvalue weighted by Crippen LogP contribution is 2.23. The van der Waals surface area contributed by atoms with Gasteiger partial charge in [-0.2, -0.15) is 0 Å². The second-order valence-corrected chi connectivity index (χ2v) is 5.55. The van der Waals surface area contributed by atoms with Crippen LogP contribution in [0.5, 0.6) is 5.75 Å². The van der Waals surface area contributed by atoms with Crippen molar-refractivity contribution in [3.8, 4) is 5.75 Å². The minimum atomic E-state index is -0.0129. The van der Waals surface area contributed by atoms with Gasteiger partial charge in [0.05, 0.1) is 7.11 Å². The van der Waals surface area contributed by atoms with Gasteiger partial charge in [0.15, 0.2) is 0 Å². The molecule has 3 heteroatoms. The Hall–Kier alpha value is -2.00. The van der Waals surface area contributed by atoms with Crippen LogP contribution in [0.2, 0.25) is 0 Å². The quantitative estimate of drug-likeness (QED) is 0.914. The average Bonchev–Trinajstić information content (AvgIpc) is 2.49. The Morgan fingerprint density at radius 3 is 2.62 bits per heavy atom. The van der Waals surface area contributed by atoms with Gasteiger partial charge in [0.2, 0.25) is 0 Å². The first-order chi connectivity index (χ1) is 10.0. The molecule has 1 atom stereocenters. The third-order valence-electron chi connectivity index (χ3n) is 3.80. The van der Waals surface area contributed by atoms with Crippen LogP contribution in [0, 0.1) is 13.8 Å². The van der Waals surface area contributed by atoms with Gasteiger partial charge in [0, 0.05) is 31.4 Å². The molecule has 112 valence electrons. The molecule has 0 fully saturated rings. The lowest BCUT2D eigenvalue weighted by Gasteiger charge is -2.25. The molecule has 0 aliphatic carbocycles. The molecule has 0 radical (unpaired) electrons. The van der Waals surface area contributed by atoms with Gasteiger partial charge in [0.1, 0.15) is 5.75 Å². The highest BCUT2D eigenvalue weighted by atomic mass is 16.5. The SMILES string of the molecule is COc1cccc(N(C)CC(N)c2cc(C)ccc2C)c1. The van der Waals surface area contributed by atoms with Gasteiger partial charge in [-0.05, 0) is 37.1 Å². The summed E-state index contributed by atoms with van der Waals surface area (Å²) in [6.45, 7) is 4.97. The van der Waals surface area contributed by atoms with E-state index in [0.717, 1.165) is 18.0 Å². The Morgan fingerprint density at radius 1 is 1.14 bits per heavy atom. The maximum atomic E-state index is 6.40. The first-order valence-electron chi connectivity index (χ1n) is 7.19. The summed E-state index contributed by atoms with van der Waals surface area (Å²) >= 11 is 0. The molecule has 0 saturated carbocycles. The number of anilines is 1. The van der Waals surface area contributed by atoms with Crippen LogP contribution >= 0.6 is 0 Å². The summed E-state index contributed by atoms with van der Waals surface area (Å²) < 4.78 is 5.27. The van der Waals surface area contributed by atoms with Crippen LogP contribution < -0.4 is 15.4 Å². The van der Waals surface area contributed by atoms with Crippen LogP contribution in [-0.2, 0) is 0 Å². The Balaban J connectivity index is 2.14. The molecule has 21 heavy (non-hydrogen) atoms. The van der Waals surface area contributed by atoms with Crippen LogP contribution in [0.1, 0.15) is 22.7 Å². The molecule has 1 unspecified atom stereocenters. The molecule has 2 rings (SSSR count). The minimum Gasteiger partial charge on any atom is -0.497 e. The van der Waals surface area contributed by atoms with Crippen molar-refractivity contribution in [2.45, 2.75) is 19.9 Å². The van der Waals surface area contributed by atoms with Crippen molar-refractivity contribution in [2.75, 3.05) is 25.6 Å². The van der Waals surface area contributed by atoms with Crippen molar-refractivity contribution in [2.24, 2.45) is 5.73 Å². The van der Waals surface area contributed by atoms with E-state index in [2.05, 4.69) is 50.1 Å². The van der Waals surface area contributed by atoms with E-state index in [1.807, 2.05) is 18.2 Å². The monoisotopic (exact) mass is 284 g/mol. The number of rotatable bonds is 5. The van der Waals surface area contributed by atoms with Crippen molar-refractivity contribution < 1.29 is 4.74 Å². The zero-order valence-electron chi connectivity index (χ0n) is 13.3. The minimum absolute atomic E-state index is 0.0129. The third kappa shape index (κ3) is 3.76. The number of nitrogens with two attached hydrogens (primary N) is 1. The largest absolute Gasteiger partial charge is 0.497 e. The van der Waals surface area contributed by atoms with Gasteiger partial charge >= 0.3 is 0 Å². The van der Waals surface area contributed by atoms with E-state index < -0.39 is 0 Å². The number of hydrogen-bond donors (Lipinski definition) is 1. The summed E-state index contributed by atoms with van der Waals surface area (Å²) in [5.41, 5.74) is 11.2. The molecule has 2 aromatic carbocycles. The highest BCUT2D eigenvalue weighted by molar-refractivity contribution is 5.50. The summed E-state index contributed by atoms with van der Waals surface area (Å²) in [7, 11) is 3.74. The number of likely N-dealkylation sites (N-methyl/N-ethyl adjacent to an activating group) is 1. The van der Waals surface area contributed by atoms with E-state index in [9.17, 15) is 0 Å². The fourth-order valence-corrected chi connectivity index (χ4v) is 2.51. The Morgan fingerprint density at radius 2 is 1.90 bits per heavy atom. The van der Waals surface area contributed by atoms with Gasteiger partial charge in [0.25, 0.3) is 0 Å². The summed E-state index contributed by atoms with van der Waals surface area (Å²) in [6, 6.07) is 14.5. The first-order valence-corrected chi connectivity index (χ1v) is 7.19. The van der Waals surface area contributed by atoms with Gasteiger partial charge < -0.3 is 15.4 Å². The van der Waals surface area contributed by atoms with Gasteiger partial charge in [-0.25, -0.2) is 0 Å². The van der Waals surface area contributed by atoms with Crippen molar-refractivity contribution in [1.29, 1.82) is 0 Å². The summed E-state index contributed by atoms with van der Waals surface area (Å²) in [5, 5.41) is 0. The van der Waals surface area contributed by atoms with Crippen LogP contribution in [0.25, 0.3) is 0 Å². The lowest BCUT2D eigenvalue weighted by Crippen LogP contribution is -2.29. The van der Waals surface area contributed by atoms with Crippen LogP contribution in [0.15, 0.2) is 42.5 Å². The van der Waals surface area contributed by atoms with Crippen LogP contribution in [0.3, 0.4) is 0 Å². The fourth-order valence-electron chi connectivity index (χ4n) is 2.51. The van der Waals surface area contributed by atoms with E-state index in [1.165, 1.54) is 16.7 Å². The average molecular weight is 284 g/mol. The smallest absolute Gasteiger partial charge is 0.120 e. The molecule has 2 aromatic rings. The molecule has 3 nitrogen and oxygen atoms in total. The number of ether oxygens (including phenoxy) is 1. The molecular formula is C18H24N2O. The normalized spacial score (nSPS) is 12.0. The number of nitrogens with zero attached hydrogens (tertiary/aromatic N) is 1. The predicted molar refractivity (Wildman–Crippen MR) is 89.1 cm³/mol. The second-order valence-electron chi connectivity index (χ2n) is 5.55. The molecule has 0 spiro atoms.